The van der Waals surface area contributed by atoms with Gasteiger partial charge in [-0.1, -0.05) is 33.6 Å². The van der Waals surface area contributed by atoms with Crippen LogP contribution in [0.4, 0.5) is 10.1 Å². The Morgan fingerprint density at radius 1 is 1.39 bits per heavy atom. The summed E-state index contributed by atoms with van der Waals surface area (Å²) in [5, 5.41) is 0.998. The van der Waals surface area contributed by atoms with Gasteiger partial charge in [-0.15, -0.1) is 11.3 Å². The molecular formula is C18H17BrClFN2O3S2. The van der Waals surface area contributed by atoms with Crippen LogP contribution in [-0.4, -0.2) is 26.9 Å². The van der Waals surface area contributed by atoms with Gasteiger partial charge in [0.1, 0.15) is 11.9 Å². The van der Waals surface area contributed by atoms with Gasteiger partial charge < -0.3 is 4.90 Å². The number of carbonyl (C=O) groups excluding carboxylic acids is 1. The first kappa shape index (κ1) is 21.4. The summed E-state index contributed by atoms with van der Waals surface area (Å²) < 4.78 is 41.9. The maximum atomic E-state index is 14.4. The van der Waals surface area contributed by atoms with E-state index in [1.807, 2.05) is 6.92 Å². The Balaban J connectivity index is 1.71. The van der Waals surface area contributed by atoms with E-state index in [0.717, 1.165) is 11.0 Å². The molecule has 1 saturated heterocycles. The quantitative estimate of drug-likeness (QED) is 0.577. The first-order valence-electron chi connectivity index (χ1n) is 8.37. The molecule has 5 nitrogen and oxygen atoms in total. The number of anilines is 1. The van der Waals surface area contributed by atoms with Crippen molar-refractivity contribution in [3.05, 3.63) is 56.3 Å². The van der Waals surface area contributed by atoms with Gasteiger partial charge in [-0.2, -0.15) is 4.72 Å². The van der Waals surface area contributed by atoms with Crippen LogP contribution < -0.4 is 9.62 Å². The Hall–Kier alpha value is -1.26. The minimum absolute atomic E-state index is 0.0186. The minimum Gasteiger partial charge on any atom is -0.308 e. The van der Waals surface area contributed by atoms with Crippen molar-refractivity contribution in [1.82, 2.24) is 4.72 Å². The summed E-state index contributed by atoms with van der Waals surface area (Å²) in [4.78, 5) is 14.5. The zero-order valence-electron chi connectivity index (χ0n) is 14.7. The van der Waals surface area contributed by atoms with Crippen LogP contribution in [0.1, 0.15) is 28.6 Å². The summed E-state index contributed by atoms with van der Waals surface area (Å²) in [6.07, 6.45) is 1.67. The number of halogens is 3. The number of hydrogen-bond donors (Lipinski definition) is 1. The average molecular weight is 508 g/mol. The number of hydrogen-bond acceptors (Lipinski definition) is 4. The van der Waals surface area contributed by atoms with Crippen LogP contribution in [-0.2, 0) is 14.8 Å². The number of benzene rings is 1. The Morgan fingerprint density at radius 2 is 2.14 bits per heavy atom. The monoisotopic (exact) mass is 506 g/mol. The van der Waals surface area contributed by atoms with Crippen LogP contribution in [0.2, 0.25) is 4.34 Å². The van der Waals surface area contributed by atoms with Gasteiger partial charge in [0.25, 0.3) is 0 Å². The fraction of sp³-hybridized carbons (Fsp3) is 0.278. The van der Waals surface area contributed by atoms with Crippen molar-refractivity contribution in [3.63, 3.8) is 0 Å². The maximum absolute atomic E-state index is 14.4. The molecule has 1 unspecified atom stereocenters. The molecule has 0 spiro atoms. The summed E-state index contributed by atoms with van der Waals surface area (Å²) in [6.45, 7) is 2.11. The molecule has 1 N–H and O–H groups in total. The number of amides is 1. The van der Waals surface area contributed by atoms with Crippen molar-refractivity contribution in [1.29, 1.82) is 0 Å². The lowest BCUT2D eigenvalue weighted by Gasteiger charge is -2.18. The second kappa shape index (κ2) is 8.62. The number of thiophene rings is 1. The lowest BCUT2D eigenvalue weighted by molar-refractivity contribution is -0.118. The molecule has 1 aromatic heterocycles. The fourth-order valence-electron chi connectivity index (χ4n) is 2.83. The van der Waals surface area contributed by atoms with E-state index in [9.17, 15) is 17.6 Å². The maximum Gasteiger partial charge on any atom is 0.245 e. The van der Waals surface area contributed by atoms with Crippen molar-refractivity contribution < 1.29 is 17.6 Å². The van der Waals surface area contributed by atoms with Gasteiger partial charge in [0.05, 0.1) is 10.0 Å². The second-order valence-electron chi connectivity index (χ2n) is 6.27. The van der Waals surface area contributed by atoms with Crippen LogP contribution in [0, 0.1) is 5.82 Å². The van der Waals surface area contributed by atoms with E-state index in [2.05, 4.69) is 20.7 Å². The molecule has 2 atom stereocenters. The molecule has 0 aliphatic carbocycles. The van der Waals surface area contributed by atoms with Crippen LogP contribution in [0.15, 0.2) is 35.7 Å². The van der Waals surface area contributed by atoms with Gasteiger partial charge in [-0.25, -0.2) is 12.8 Å². The van der Waals surface area contributed by atoms with E-state index in [1.165, 1.54) is 34.4 Å². The van der Waals surface area contributed by atoms with Gasteiger partial charge in [0.2, 0.25) is 15.9 Å². The molecule has 1 aromatic carbocycles. The molecule has 1 aliphatic heterocycles. The summed E-state index contributed by atoms with van der Waals surface area (Å²) in [6, 6.07) is 7.07. The highest BCUT2D eigenvalue weighted by Gasteiger charge is 2.35. The lowest BCUT2D eigenvalue weighted by Crippen LogP contribution is -2.40. The van der Waals surface area contributed by atoms with E-state index in [-0.39, 0.29) is 23.5 Å². The molecule has 1 aliphatic rings. The van der Waals surface area contributed by atoms with Crippen LogP contribution in [0.3, 0.4) is 0 Å². The molecule has 0 bridgehead atoms. The van der Waals surface area contributed by atoms with Gasteiger partial charge in [0, 0.05) is 21.7 Å². The first-order valence-corrected chi connectivity index (χ1v) is 12.0. The normalized spacial score (nSPS) is 18.9. The summed E-state index contributed by atoms with van der Waals surface area (Å²) in [5.74, 6) is -0.996. The van der Waals surface area contributed by atoms with Gasteiger partial charge >= 0.3 is 0 Å². The molecule has 2 heterocycles. The van der Waals surface area contributed by atoms with Crippen LogP contribution >= 0.6 is 38.9 Å². The Kier molecular flexibility index (Phi) is 6.61. The molecule has 1 fully saturated rings. The molecule has 2 aromatic rings. The molecule has 10 heteroatoms. The predicted molar refractivity (Wildman–Crippen MR) is 115 cm³/mol. The highest BCUT2D eigenvalue weighted by atomic mass is 79.9. The number of sulfonamides is 1. The van der Waals surface area contributed by atoms with Crippen molar-refractivity contribution in [3.8, 4) is 0 Å². The van der Waals surface area contributed by atoms with Crippen molar-refractivity contribution >= 4 is 66.6 Å². The van der Waals surface area contributed by atoms with Gasteiger partial charge in [0.15, 0.2) is 0 Å². The predicted octanol–water partition coefficient (Wildman–Crippen LogP) is 4.69. The minimum atomic E-state index is -3.83. The highest BCUT2D eigenvalue weighted by molar-refractivity contribution is 9.09. The summed E-state index contributed by atoms with van der Waals surface area (Å²) in [5.41, 5.74) is 0.899. The third-order valence-electron chi connectivity index (χ3n) is 4.24. The zero-order chi connectivity index (χ0) is 20.5. The number of alkyl halides is 1. The Morgan fingerprint density at radius 3 is 2.75 bits per heavy atom. The van der Waals surface area contributed by atoms with Crippen LogP contribution in [0.5, 0.6) is 0 Å². The number of nitrogens with zero attached hydrogens (tertiary/aromatic N) is 1. The van der Waals surface area contributed by atoms with Crippen molar-refractivity contribution in [2.75, 3.05) is 11.4 Å². The molecule has 28 heavy (non-hydrogen) atoms. The van der Waals surface area contributed by atoms with E-state index in [0.29, 0.717) is 9.21 Å². The average Bonchev–Trinajstić information content (AvgIpc) is 3.19. The standard InChI is InChI=1S/C18H17BrClFN2O3S2/c1-11(19)12-2-4-16(14(21)10-12)23-8-6-15(18(23)24)22-28(25,26)9-7-13-3-5-17(20)27-13/h2-5,7,9-11,15,22H,6,8H2,1H3/b9-7+/t11?,15-/m0/s1. The Bertz CT molecular complexity index is 1020. The number of carbonyl (C=O) groups is 1. The molecule has 1 amide bonds. The molecule has 150 valence electrons. The third-order valence-corrected chi connectivity index (χ3v) is 7.07. The van der Waals surface area contributed by atoms with Crippen molar-refractivity contribution in [2.45, 2.75) is 24.2 Å². The fourth-order valence-corrected chi connectivity index (χ4v) is 5.18. The molecule has 0 radical (unpaired) electrons. The van der Waals surface area contributed by atoms with E-state index < -0.39 is 27.8 Å². The topological polar surface area (TPSA) is 66.5 Å². The number of nitrogens with one attached hydrogen (secondary N) is 1. The first-order chi connectivity index (χ1) is 13.2. The second-order valence-corrected chi connectivity index (χ2v) is 11.0. The highest BCUT2D eigenvalue weighted by Crippen LogP contribution is 2.30. The van der Waals surface area contributed by atoms with E-state index in [4.69, 9.17) is 11.6 Å². The van der Waals surface area contributed by atoms with E-state index in [1.54, 1.807) is 18.2 Å². The van der Waals surface area contributed by atoms with E-state index >= 15 is 0 Å². The Labute approximate surface area is 180 Å². The number of rotatable bonds is 6. The summed E-state index contributed by atoms with van der Waals surface area (Å²) >= 11 is 10.4. The van der Waals surface area contributed by atoms with Crippen molar-refractivity contribution in [2.24, 2.45) is 0 Å². The van der Waals surface area contributed by atoms with Crippen LogP contribution in [0.25, 0.3) is 6.08 Å². The molecular weight excluding hydrogens is 491 g/mol. The lowest BCUT2D eigenvalue weighted by atomic mass is 10.1. The third kappa shape index (κ3) is 5.01. The zero-order valence-corrected chi connectivity index (χ0v) is 18.7. The smallest absolute Gasteiger partial charge is 0.245 e. The largest absolute Gasteiger partial charge is 0.308 e. The summed E-state index contributed by atoms with van der Waals surface area (Å²) in [7, 11) is -3.83. The molecule has 3 rings (SSSR count). The van der Waals surface area contributed by atoms with Gasteiger partial charge in [-0.3, -0.25) is 4.79 Å². The SMILES string of the molecule is CC(Br)c1ccc(N2CC[C@H](NS(=O)(=O)/C=C/c3ccc(Cl)s3)C2=O)c(F)c1. The van der Waals surface area contributed by atoms with Gasteiger partial charge in [-0.05, 0) is 49.2 Å². The molecule has 0 saturated carbocycles.